The largest absolute Gasteiger partial charge is 0.494 e. The molecule has 0 N–H and O–H groups in total. The quantitative estimate of drug-likeness (QED) is 0.751. The molecule has 3 nitrogen and oxygen atoms in total. The van der Waals surface area contributed by atoms with Gasteiger partial charge in [-0.15, -0.1) is 0 Å². The van der Waals surface area contributed by atoms with Gasteiger partial charge in [-0.3, -0.25) is 4.79 Å². The first kappa shape index (κ1) is 14.1. The van der Waals surface area contributed by atoms with Gasteiger partial charge in [0.25, 0.3) is 0 Å². The third kappa shape index (κ3) is 3.85. The molecule has 0 bridgehead atoms. The van der Waals surface area contributed by atoms with Crippen LogP contribution < -0.4 is 9.47 Å². The lowest BCUT2D eigenvalue weighted by atomic mass is 10.1. The van der Waals surface area contributed by atoms with Crippen molar-refractivity contribution in [3.05, 3.63) is 59.7 Å². The molecule has 104 valence electrons. The molecule has 0 saturated heterocycles. The van der Waals surface area contributed by atoms with Gasteiger partial charge in [-0.05, 0) is 44.2 Å². The molecule has 0 aromatic heterocycles. The summed E-state index contributed by atoms with van der Waals surface area (Å²) >= 11 is 0. The minimum absolute atomic E-state index is 0.0254. The van der Waals surface area contributed by atoms with Crippen molar-refractivity contribution in [3.63, 3.8) is 0 Å². The molecule has 2 aromatic carbocycles. The van der Waals surface area contributed by atoms with Crippen LogP contribution in [0.1, 0.15) is 22.8 Å². The summed E-state index contributed by atoms with van der Waals surface area (Å²) < 4.78 is 10.8. The third-order valence-corrected chi connectivity index (χ3v) is 2.84. The van der Waals surface area contributed by atoms with Crippen LogP contribution in [0.4, 0.5) is 0 Å². The SMILES string of the molecule is CCOc1ccc(OCC(=O)c2cccc(C)c2)cc1. The fourth-order valence-corrected chi connectivity index (χ4v) is 1.85. The van der Waals surface area contributed by atoms with Crippen molar-refractivity contribution < 1.29 is 14.3 Å². The lowest BCUT2D eigenvalue weighted by molar-refractivity contribution is 0.0921. The molecule has 20 heavy (non-hydrogen) atoms. The van der Waals surface area contributed by atoms with E-state index in [-0.39, 0.29) is 12.4 Å². The molecule has 0 amide bonds. The second-order valence-electron chi connectivity index (χ2n) is 4.49. The number of hydrogen-bond donors (Lipinski definition) is 0. The van der Waals surface area contributed by atoms with E-state index in [4.69, 9.17) is 9.47 Å². The number of ketones is 1. The van der Waals surface area contributed by atoms with Crippen LogP contribution in [0.3, 0.4) is 0 Å². The van der Waals surface area contributed by atoms with Crippen molar-refractivity contribution in [2.24, 2.45) is 0 Å². The molecule has 0 heterocycles. The number of benzene rings is 2. The number of carbonyl (C=O) groups is 1. The summed E-state index contributed by atoms with van der Waals surface area (Å²) in [5.41, 5.74) is 1.74. The predicted octanol–water partition coefficient (Wildman–Crippen LogP) is 3.66. The summed E-state index contributed by atoms with van der Waals surface area (Å²) in [4.78, 5) is 12.0. The van der Waals surface area contributed by atoms with Crippen molar-refractivity contribution >= 4 is 5.78 Å². The van der Waals surface area contributed by atoms with Crippen LogP contribution in [0.15, 0.2) is 48.5 Å². The standard InChI is InChI=1S/C17H18O3/c1-3-19-15-7-9-16(10-8-15)20-12-17(18)14-6-4-5-13(2)11-14/h4-11H,3,12H2,1-2H3. The zero-order chi connectivity index (χ0) is 14.4. The van der Waals surface area contributed by atoms with E-state index < -0.39 is 0 Å². The molecule has 2 aromatic rings. The summed E-state index contributed by atoms with van der Waals surface area (Å²) in [5.74, 6) is 1.43. The van der Waals surface area contributed by atoms with Crippen LogP contribution in [-0.2, 0) is 0 Å². The molecular weight excluding hydrogens is 252 g/mol. The van der Waals surface area contributed by atoms with E-state index in [2.05, 4.69) is 0 Å². The highest BCUT2D eigenvalue weighted by Gasteiger charge is 2.07. The molecule has 0 unspecified atom stereocenters. The Kier molecular flexibility index (Phi) is 4.77. The zero-order valence-corrected chi connectivity index (χ0v) is 11.8. The molecule has 0 saturated carbocycles. The Bertz CT molecular complexity index is 573. The van der Waals surface area contributed by atoms with Gasteiger partial charge in [-0.2, -0.15) is 0 Å². The molecule has 3 heteroatoms. The highest BCUT2D eigenvalue weighted by atomic mass is 16.5. The highest BCUT2D eigenvalue weighted by molar-refractivity contribution is 5.97. The fourth-order valence-electron chi connectivity index (χ4n) is 1.85. The number of rotatable bonds is 6. The first-order valence-electron chi connectivity index (χ1n) is 6.64. The van der Waals surface area contributed by atoms with Gasteiger partial charge in [0.05, 0.1) is 6.61 Å². The molecule has 0 aliphatic carbocycles. The average molecular weight is 270 g/mol. The summed E-state index contributed by atoms with van der Waals surface area (Å²) in [6, 6.07) is 14.8. The molecule has 0 aliphatic heterocycles. The van der Waals surface area contributed by atoms with E-state index in [1.165, 1.54) is 0 Å². The van der Waals surface area contributed by atoms with Crippen molar-refractivity contribution in [1.29, 1.82) is 0 Å². The van der Waals surface area contributed by atoms with Gasteiger partial charge in [0.1, 0.15) is 11.5 Å². The Morgan fingerprint density at radius 1 is 1.00 bits per heavy atom. The number of aryl methyl sites for hydroxylation is 1. The van der Waals surface area contributed by atoms with Gasteiger partial charge in [-0.1, -0.05) is 23.8 Å². The van der Waals surface area contributed by atoms with Gasteiger partial charge in [0.2, 0.25) is 0 Å². The lowest BCUT2D eigenvalue weighted by Crippen LogP contribution is -2.11. The molecule has 2 rings (SSSR count). The first-order chi connectivity index (χ1) is 9.69. The highest BCUT2D eigenvalue weighted by Crippen LogP contribution is 2.17. The molecule has 0 aliphatic rings. The van der Waals surface area contributed by atoms with Crippen molar-refractivity contribution in [1.82, 2.24) is 0 Å². The lowest BCUT2D eigenvalue weighted by Gasteiger charge is -2.07. The van der Waals surface area contributed by atoms with Crippen LogP contribution >= 0.6 is 0 Å². The van der Waals surface area contributed by atoms with Crippen LogP contribution in [-0.4, -0.2) is 19.0 Å². The van der Waals surface area contributed by atoms with E-state index in [0.717, 1.165) is 11.3 Å². The normalized spacial score (nSPS) is 10.1. The maximum absolute atomic E-state index is 12.0. The van der Waals surface area contributed by atoms with Gasteiger partial charge in [0, 0.05) is 5.56 Å². The van der Waals surface area contributed by atoms with E-state index in [9.17, 15) is 4.79 Å². The summed E-state index contributed by atoms with van der Waals surface area (Å²) in [5, 5.41) is 0. The minimum Gasteiger partial charge on any atom is -0.494 e. The Balaban J connectivity index is 1.93. The van der Waals surface area contributed by atoms with Crippen molar-refractivity contribution in [2.75, 3.05) is 13.2 Å². The number of hydrogen-bond acceptors (Lipinski definition) is 3. The third-order valence-electron chi connectivity index (χ3n) is 2.84. The van der Waals surface area contributed by atoms with Crippen LogP contribution in [0.5, 0.6) is 11.5 Å². The first-order valence-corrected chi connectivity index (χ1v) is 6.64. The van der Waals surface area contributed by atoms with Crippen molar-refractivity contribution in [2.45, 2.75) is 13.8 Å². The second-order valence-corrected chi connectivity index (χ2v) is 4.49. The fraction of sp³-hybridized carbons (Fsp3) is 0.235. The van der Waals surface area contributed by atoms with Gasteiger partial charge >= 0.3 is 0 Å². The van der Waals surface area contributed by atoms with Crippen LogP contribution in [0.2, 0.25) is 0 Å². The van der Waals surface area contributed by atoms with E-state index in [0.29, 0.717) is 17.9 Å². The Hall–Kier alpha value is -2.29. The molecule has 0 fully saturated rings. The minimum atomic E-state index is -0.0254. The monoisotopic (exact) mass is 270 g/mol. The summed E-state index contributed by atoms with van der Waals surface area (Å²) in [7, 11) is 0. The topological polar surface area (TPSA) is 35.5 Å². The van der Waals surface area contributed by atoms with Gasteiger partial charge < -0.3 is 9.47 Å². The summed E-state index contributed by atoms with van der Waals surface area (Å²) in [6.45, 7) is 4.57. The number of Topliss-reactive ketones (excluding diaryl/α,β-unsaturated/α-hetero) is 1. The molecular formula is C17H18O3. The number of ether oxygens (including phenoxy) is 2. The number of carbonyl (C=O) groups excluding carboxylic acids is 1. The average Bonchev–Trinajstić information content (AvgIpc) is 2.46. The van der Waals surface area contributed by atoms with Gasteiger partial charge in [-0.25, -0.2) is 0 Å². The predicted molar refractivity (Wildman–Crippen MR) is 78.6 cm³/mol. The molecule has 0 radical (unpaired) electrons. The van der Waals surface area contributed by atoms with E-state index in [1.54, 1.807) is 18.2 Å². The maximum Gasteiger partial charge on any atom is 0.200 e. The Morgan fingerprint density at radius 3 is 2.25 bits per heavy atom. The second kappa shape index (κ2) is 6.75. The van der Waals surface area contributed by atoms with Crippen molar-refractivity contribution in [3.8, 4) is 11.5 Å². The van der Waals surface area contributed by atoms with E-state index in [1.807, 2.05) is 44.2 Å². The van der Waals surface area contributed by atoms with E-state index >= 15 is 0 Å². The van der Waals surface area contributed by atoms with Crippen LogP contribution in [0.25, 0.3) is 0 Å². The molecule has 0 spiro atoms. The Labute approximate surface area is 119 Å². The maximum atomic E-state index is 12.0. The van der Waals surface area contributed by atoms with Crippen LogP contribution in [0, 0.1) is 6.92 Å². The Morgan fingerprint density at radius 2 is 1.65 bits per heavy atom. The molecule has 0 atom stereocenters. The smallest absolute Gasteiger partial charge is 0.200 e. The van der Waals surface area contributed by atoms with Gasteiger partial charge in [0.15, 0.2) is 12.4 Å². The zero-order valence-electron chi connectivity index (χ0n) is 11.8. The summed E-state index contributed by atoms with van der Waals surface area (Å²) in [6.07, 6.45) is 0.